The third kappa shape index (κ3) is 4.27. The minimum absolute atomic E-state index is 0.331. The lowest BCUT2D eigenvalue weighted by atomic mass is 10.1. The maximum atomic E-state index is 10.5. The summed E-state index contributed by atoms with van der Waals surface area (Å²) in [5, 5.41) is 0.506. The number of carbonyl (C=O) groups is 1. The molecule has 0 aromatic heterocycles. The number of ether oxygens (including phenoxy) is 2. The minimum Gasteiger partial charge on any atom is -0.492 e. The van der Waals surface area contributed by atoms with Gasteiger partial charge in [0.2, 0.25) is 0 Å². The van der Waals surface area contributed by atoms with Gasteiger partial charge in [0.25, 0.3) is 0 Å². The van der Waals surface area contributed by atoms with Crippen molar-refractivity contribution in [1.82, 2.24) is 0 Å². The molecule has 0 saturated heterocycles. The van der Waals surface area contributed by atoms with E-state index in [2.05, 4.69) is 0 Å². The molecule has 0 saturated carbocycles. The largest absolute Gasteiger partial charge is 0.492 e. The van der Waals surface area contributed by atoms with Crippen LogP contribution in [0.5, 0.6) is 11.5 Å². The Balaban J connectivity index is 2.80. The fraction of sp³-hybridized carbons (Fsp3) is 0.462. The SMILES string of the molecule is CCOc1ccc(OC(C)(C)CC=O)cc1Cl. The molecule has 1 rings (SSSR count). The fourth-order valence-electron chi connectivity index (χ4n) is 1.38. The van der Waals surface area contributed by atoms with E-state index in [0.29, 0.717) is 29.5 Å². The Morgan fingerprint density at radius 2 is 2.12 bits per heavy atom. The molecular weight excluding hydrogens is 240 g/mol. The molecule has 0 aliphatic rings. The lowest BCUT2D eigenvalue weighted by Crippen LogP contribution is -2.28. The number of halogens is 1. The highest BCUT2D eigenvalue weighted by molar-refractivity contribution is 6.32. The zero-order valence-electron chi connectivity index (χ0n) is 10.3. The van der Waals surface area contributed by atoms with E-state index in [4.69, 9.17) is 21.1 Å². The Morgan fingerprint density at radius 3 is 2.65 bits per heavy atom. The first kappa shape index (κ1) is 13.8. The standard InChI is InChI=1S/C13H17ClO3/c1-4-16-12-6-5-10(9-11(12)14)17-13(2,3)7-8-15/h5-6,8-9H,4,7H2,1-3H3. The first-order valence-electron chi connectivity index (χ1n) is 5.53. The van der Waals surface area contributed by atoms with Crippen molar-refractivity contribution in [2.45, 2.75) is 32.8 Å². The average Bonchev–Trinajstić information content (AvgIpc) is 2.21. The second kappa shape index (κ2) is 5.92. The van der Waals surface area contributed by atoms with Crippen LogP contribution in [0.1, 0.15) is 27.2 Å². The molecule has 4 heteroatoms. The van der Waals surface area contributed by atoms with Crippen LogP contribution in [0.25, 0.3) is 0 Å². The van der Waals surface area contributed by atoms with Gasteiger partial charge in [0.1, 0.15) is 23.4 Å². The highest BCUT2D eigenvalue weighted by Gasteiger charge is 2.19. The maximum absolute atomic E-state index is 10.5. The first-order valence-corrected chi connectivity index (χ1v) is 5.91. The summed E-state index contributed by atoms with van der Waals surface area (Å²) >= 11 is 6.04. The van der Waals surface area contributed by atoms with E-state index in [1.807, 2.05) is 20.8 Å². The number of hydrogen-bond acceptors (Lipinski definition) is 3. The molecular formula is C13H17ClO3. The Kier molecular flexibility index (Phi) is 4.82. The Labute approximate surface area is 107 Å². The summed E-state index contributed by atoms with van der Waals surface area (Å²) in [6, 6.07) is 5.24. The van der Waals surface area contributed by atoms with Crippen molar-refractivity contribution in [1.29, 1.82) is 0 Å². The van der Waals surface area contributed by atoms with Crippen molar-refractivity contribution in [3.63, 3.8) is 0 Å². The van der Waals surface area contributed by atoms with Crippen LogP contribution in [0.4, 0.5) is 0 Å². The molecule has 0 N–H and O–H groups in total. The molecule has 0 unspecified atom stereocenters. The molecule has 0 aliphatic heterocycles. The number of benzene rings is 1. The van der Waals surface area contributed by atoms with Crippen molar-refractivity contribution >= 4 is 17.9 Å². The Morgan fingerprint density at radius 1 is 1.41 bits per heavy atom. The molecule has 0 radical (unpaired) electrons. The van der Waals surface area contributed by atoms with Gasteiger partial charge >= 0.3 is 0 Å². The van der Waals surface area contributed by atoms with E-state index in [1.165, 1.54) is 0 Å². The van der Waals surface area contributed by atoms with E-state index < -0.39 is 5.60 Å². The summed E-state index contributed by atoms with van der Waals surface area (Å²) in [7, 11) is 0. The van der Waals surface area contributed by atoms with Crippen molar-refractivity contribution in [3.8, 4) is 11.5 Å². The van der Waals surface area contributed by atoms with Crippen molar-refractivity contribution in [2.75, 3.05) is 6.61 Å². The van der Waals surface area contributed by atoms with E-state index >= 15 is 0 Å². The summed E-state index contributed by atoms with van der Waals surface area (Å²) in [4.78, 5) is 10.5. The van der Waals surface area contributed by atoms with Gasteiger partial charge in [-0.3, -0.25) is 0 Å². The van der Waals surface area contributed by atoms with Gasteiger partial charge in [-0.1, -0.05) is 11.6 Å². The predicted octanol–water partition coefficient (Wildman–Crippen LogP) is 3.49. The van der Waals surface area contributed by atoms with E-state index in [1.54, 1.807) is 18.2 Å². The molecule has 0 amide bonds. The highest BCUT2D eigenvalue weighted by Crippen LogP contribution is 2.30. The van der Waals surface area contributed by atoms with Gasteiger partial charge in [-0.2, -0.15) is 0 Å². The first-order chi connectivity index (χ1) is 7.98. The number of aldehydes is 1. The molecule has 94 valence electrons. The molecule has 1 aromatic rings. The van der Waals surface area contributed by atoms with Gasteiger partial charge in [0, 0.05) is 12.5 Å². The van der Waals surface area contributed by atoms with E-state index in [9.17, 15) is 4.79 Å². The summed E-state index contributed by atoms with van der Waals surface area (Å²) in [6.07, 6.45) is 1.17. The zero-order valence-corrected chi connectivity index (χ0v) is 11.1. The van der Waals surface area contributed by atoms with Crippen LogP contribution in [-0.2, 0) is 4.79 Å². The van der Waals surface area contributed by atoms with Crippen LogP contribution in [0.2, 0.25) is 5.02 Å². The molecule has 0 bridgehead atoms. The van der Waals surface area contributed by atoms with Gasteiger partial charge in [-0.15, -0.1) is 0 Å². The van der Waals surface area contributed by atoms with E-state index in [-0.39, 0.29) is 0 Å². The number of hydrogen-bond donors (Lipinski definition) is 0. The summed E-state index contributed by atoms with van der Waals surface area (Å²) in [5.74, 6) is 1.26. The van der Waals surface area contributed by atoms with Crippen LogP contribution >= 0.6 is 11.6 Å². The van der Waals surface area contributed by atoms with Gasteiger partial charge in [0.05, 0.1) is 11.6 Å². The van der Waals surface area contributed by atoms with Crippen LogP contribution < -0.4 is 9.47 Å². The Hall–Kier alpha value is -1.22. The fourth-order valence-corrected chi connectivity index (χ4v) is 1.60. The second-order valence-electron chi connectivity index (χ2n) is 4.26. The lowest BCUT2D eigenvalue weighted by Gasteiger charge is -2.24. The van der Waals surface area contributed by atoms with E-state index in [0.717, 1.165) is 6.29 Å². The zero-order chi connectivity index (χ0) is 12.9. The molecule has 0 fully saturated rings. The number of carbonyl (C=O) groups excluding carboxylic acids is 1. The van der Waals surface area contributed by atoms with Crippen molar-refractivity contribution < 1.29 is 14.3 Å². The summed E-state index contributed by atoms with van der Waals surface area (Å²) in [6.45, 7) is 6.17. The molecule has 0 atom stereocenters. The van der Waals surface area contributed by atoms with Crippen LogP contribution in [-0.4, -0.2) is 18.5 Å². The maximum Gasteiger partial charge on any atom is 0.138 e. The quantitative estimate of drug-likeness (QED) is 0.731. The third-order valence-electron chi connectivity index (χ3n) is 2.17. The topological polar surface area (TPSA) is 35.5 Å². The molecule has 0 spiro atoms. The van der Waals surface area contributed by atoms with Crippen LogP contribution in [0.15, 0.2) is 18.2 Å². The average molecular weight is 257 g/mol. The summed E-state index contributed by atoms with van der Waals surface area (Å²) in [5.41, 5.74) is -0.530. The molecule has 0 heterocycles. The number of rotatable bonds is 6. The van der Waals surface area contributed by atoms with Gasteiger partial charge < -0.3 is 14.3 Å². The molecule has 0 aliphatic carbocycles. The van der Waals surface area contributed by atoms with Gasteiger partial charge in [0.15, 0.2) is 0 Å². The highest BCUT2D eigenvalue weighted by atomic mass is 35.5. The molecule has 1 aromatic carbocycles. The van der Waals surface area contributed by atoms with Crippen LogP contribution in [0.3, 0.4) is 0 Å². The predicted molar refractivity (Wildman–Crippen MR) is 68.0 cm³/mol. The molecule has 3 nitrogen and oxygen atoms in total. The van der Waals surface area contributed by atoms with Gasteiger partial charge in [-0.25, -0.2) is 0 Å². The molecule has 17 heavy (non-hydrogen) atoms. The summed E-state index contributed by atoms with van der Waals surface area (Å²) < 4.78 is 11.0. The van der Waals surface area contributed by atoms with Crippen molar-refractivity contribution in [3.05, 3.63) is 23.2 Å². The second-order valence-corrected chi connectivity index (χ2v) is 4.66. The lowest BCUT2D eigenvalue weighted by molar-refractivity contribution is -0.110. The third-order valence-corrected chi connectivity index (χ3v) is 2.47. The minimum atomic E-state index is -0.530. The monoisotopic (exact) mass is 256 g/mol. The Bertz CT molecular complexity index is 388. The van der Waals surface area contributed by atoms with Crippen molar-refractivity contribution in [2.24, 2.45) is 0 Å². The van der Waals surface area contributed by atoms with Crippen LogP contribution in [0, 0.1) is 0 Å². The smallest absolute Gasteiger partial charge is 0.138 e. The van der Waals surface area contributed by atoms with Gasteiger partial charge in [-0.05, 0) is 32.9 Å². The normalized spacial score (nSPS) is 11.1.